The highest BCUT2D eigenvalue weighted by Crippen LogP contribution is 2.23. The fourth-order valence-corrected chi connectivity index (χ4v) is 2.52. The van der Waals surface area contributed by atoms with Crippen LogP contribution in [0.2, 0.25) is 5.02 Å². The first kappa shape index (κ1) is 17.6. The average molecular weight is 408 g/mol. The highest BCUT2D eigenvalue weighted by Gasteiger charge is 2.21. The maximum Gasteiger partial charge on any atom is 0.193 e. The Labute approximate surface area is 143 Å². The molecule has 0 aliphatic carbocycles. The molecule has 1 aliphatic rings. The number of hydrogen-bond donors (Lipinski definition) is 1. The van der Waals surface area contributed by atoms with Gasteiger partial charge in [0.1, 0.15) is 0 Å². The molecule has 1 aromatic carbocycles. The fraction of sp³-hybridized carbons (Fsp3) is 0.533. The van der Waals surface area contributed by atoms with Crippen LogP contribution in [0.15, 0.2) is 29.3 Å². The van der Waals surface area contributed by atoms with Gasteiger partial charge >= 0.3 is 0 Å². The number of likely N-dealkylation sites (N-methyl/N-ethyl adjacent to an activating group) is 1. The standard InChI is InChI=1S/C15H22ClN3.HI/c1-15(2,10-12-5-4-6-13(16)9-12)11-18-14-17-7-8-19(14)3;/h4-6,9H,7-8,10-11H2,1-3H3,(H,17,18);1H. The van der Waals surface area contributed by atoms with Gasteiger partial charge in [0.15, 0.2) is 5.96 Å². The molecule has 0 aromatic heterocycles. The first-order chi connectivity index (χ1) is 8.96. The zero-order valence-electron chi connectivity index (χ0n) is 12.3. The molecule has 0 radical (unpaired) electrons. The van der Waals surface area contributed by atoms with E-state index in [1.54, 1.807) is 0 Å². The van der Waals surface area contributed by atoms with E-state index in [0.29, 0.717) is 0 Å². The van der Waals surface area contributed by atoms with Crippen LogP contribution in [0.5, 0.6) is 0 Å². The first-order valence-electron chi connectivity index (χ1n) is 6.70. The Morgan fingerprint density at radius 3 is 2.75 bits per heavy atom. The second-order valence-corrected chi connectivity index (χ2v) is 6.39. The SMILES string of the molecule is CN1CCN=C1NCC(C)(C)Cc1cccc(Cl)c1.I. The molecule has 1 N–H and O–H groups in total. The van der Waals surface area contributed by atoms with Crippen molar-refractivity contribution in [1.29, 1.82) is 0 Å². The quantitative estimate of drug-likeness (QED) is 0.775. The molecule has 20 heavy (non-hydrogen) atoms. The second kappa shape index (κ2) is 7.50. The lowest BCUT2D eigenvalue weighted by Gasteiger charge is -2.27. The number of halogens is 2. The van der Waals surface area contributed by atoms with Crippen molar-refractivity contribution in [2.45, 2.75) is 20.3 Å². The van der Waals surface area contributed by atoms with Gasteiger partial charge in [0.05, 0.1) is 6.54 Å². The third kappa shape index (κ3) is 5.13. The average Bonchev–Trinajstić information content (AvgIpc) is 2.72. The lowest BCUT2D eigenvalue weighted by Crippen LogP contribution is -2.41. The van der Waals surface area contributed by atoms with Crippen molar-refractivity contribution < 1.29 is 0 Å². The molecule has 2 rings (SSSR count). The van der Waals surface area contributed by atoms with Gasteiger partial charge < -0.3 is 10.2 Å². The molecule has 0 fully saturated rings. The van der Waals surface area contributed by atoms with E-state index in [1.165, 1.54) is 5.56 Å². The summed E-state index contributed by atoms with van der Waals surface area (Å²) in [5.74, 6) is 1.01. The van der Waals surface area contributed by atoms with Gasteiger partial charge in [0.2, 0.25) is 0 Å². The van der Waals surface area contributed by atoms with Crippen LogP contribution in [0.3, 0.4) is 0 Å². The predicted molar refractivity (Wildman–Crippen MR) is 97.3 cm³/mol. The van der Waals surface area contributed by atoms with Crippen molar-refractivity contribution in [2.75, 3.05) is 26.7 Å². The summed E-state index contributed by atoms with van der Waals surface area (Å²) < 4.78 is 0. The molecule has 0 saturated heterocycles. The van der Waals surface area contributed by atoms with Crippen LogP contribution in [-0.4, -0.2) is 37.5 Å². The van der Waals surface area contributed by atoms with Crippen molar-refractivity contribution in [3.63, 3.8) is 0 Å². The summed E-state index contributed by atoms with van der Waals surface area (Å²) >= 11 is 6.03. The molecular formula is C15H23ClIN3. The van der Waals surface area contributed by atoms with E-state index in [-0.39, 0.29) is 29.4 Å². The molecule has 0 amide bonds. The number of hydrogen-bond acceptors (Lipinski definition) is 3. The Kier molecular flexibility index (Phi) is 6.58. The van der Waals surface area contributed by atoms with Gasteiger partial charge in [-0.05, 0) is 29.5 Å². The molecule has 0 atom stereocenters. The lowest BCUT2D eigenvalue weighted by atomic mass is 9.86. The van der Waals surface area contributed by atoms with E-state index >= 15 is 0 Å². The molecular weight excluding hydrogens is 385 g/mol. The summed E-state index contributed by atoms with van der Waals surface area (Å²) in [7, 11) is 2.07. The molecule has 1 heterocycles. The van der Waals surface area contributed by atoms with Crippen LogP contribution < -0.4 is 5.32 Å². The van der Waals surface area contributed by atoms with Crippen LogP contribution in [0.25, 0.3) is 0 Å². The van der Waals surface area contributed by atoms with Crippen molar-refractivity contribution >= 4 is 41.5 Å². The van der Waals surface area contributed by atoms with Gasteiger partial charge in [-0.25, -0.2) is 0 Å². The van der Waals surface area contributed by atoms with Crippen LogP contribution in [0.4, 0.5) is 0 Å². The van der Waals surface area contributed by atoms with Gasteiger partial charge in [-0.2, -0.15) is 0 Å². The van der Waals surface area contributed by atoms with Gasteiger partial charge in [0, 0.05) is 25.2 Å². The van der Waals surface area contributed by atoms with Gasteiger partial charge in [-0.15, -0.1) is 24.0 Å². The van der Waals surface area contributed by atoms with Gasteiger partial charge in [-0.1, -0.05) is 37.6 Å². The van der Waals surface area contributed by atoms with E-state index in [4.69, 9.17) is 11.6 Å². The molecule has 0 spiro atoms. The summed E-state index contributed by atoms with van der Waals surface area (Å²) in [5.41, 5.74) is 1.44. The second-order valence-electron chi connectivity index (χ2n) is 5.95. The van der Waals surface area contributed by atoms with E-state index < -0.39 is 0 Å². The molecule has 0 bridgehead atoms. The Morgan fingerprint density at radius 1 is 1.40 bits per heavy atom. The largest absolute Gasteiger partial charge is 0.356 e. The molecule has 1 aromatic rings. The van der Waals surface area contributed by atoms with Crippen molar-refractivity contribution in [1.82, 2.24) is 10.2 Å². The summed E-state index contributed by atoms with van der Waals surface area (Å²) in [4.78, 5) is 6.61. The summed E-state index contributed by atoms with van der Waals surface area (Å²) in [5, 5.41) is 4.26. The Bertz CT molecular complexity index is 474. The number of guanidine groups is 1. The van der Waals surface area contributed by atoms with E-state index in [2.05, 4.69) is 42.2 Å². The number of benzene rings is 1. The molecule has 3 nitrogen and oxygen atoms in total. The first-order valence-corrected chi connectivity index (χ1v) is 7.08. The van der Waals surface area contributed by atoms with Gasteiger partial charge in [0.25, 0.3) is 0 Å². The number of nitrogens with zero attached hydrogens (tertiary/aromatic N) is 2. The van der Waals surface area contributed by atoms with E-state index in [9.17, 15) is 0 Å². The molecule has 5 heteroatoms. The monoisotopic (exact) mass is 407 g/mol. The fourth-order valence-electron chi connectivity index (χ4n) is 2.30. The minimum absolute atomic E-state index is 0. The van der Waals surface area contributed by atoms with Crippen molar-refractivity contribution in [2.24, 2.45) is 10.4 Å². The van der Waals surface area contributed by atoms with Crippen molar-refractivity contribution in [3.05, 3.63) is 34.9 Å². The van der Waals surface area contributed by atoms with E-state index in [1.807, 2.05) is 18.2 Å². The van der Waals surface area contributed by atoms with Gasteiger partial charge in [-0.3, -0.25) is 4.99 Å². The Hall–Kier alpha value is -0.490. The summed E-state index contributed by atoms with van der Waals surface area (Å²) in [6, 6.07) is 8.10. The number of aliphatic imine (C=N–C) groups is 1. The van der Waals surface area contributed by atoms with Crippen LogP contribution in [0, 0.1) is 5.41 Å². The van der Waals surface area contributed by atoms with Crippen LogP contribution >= 0.6 is 35.6 Å². The highest BCUT2D eigenvalue weighted by atomic mass is 127. The highest BCUT2D eigenvalue weighted by molar-refractivity contribution is 14.0. The molecule has 1 aliphatic heterocycles. The Balaban J connectivity index is 0.00000200. The zero-order chi connectivity index (χ0) is 13.9. The smallest absolute Gasteiger partial charge is 0.193 e. The predicted octanol–water partition coefficient (Wildman–Crippen LogP) is 3.42. The third-order valence-corrected chi connectivity index (χ3v) is 3.59. The molecule has 112 valence electrons. The third-order valence-electron chi connectivity index (χ3n) is 3.36. The summed E-state index contributed by atoms with van der Waals surface area (Å²) in [6.07, 6.45) is 0.998. The van der Waals surface area contributed by atoms with Crippen LogP contribution in [-0.2, 0) is 6.42 Å². The van der Waals surface area contributed by atoms with Crippen molar-refractivity contribution in [3.8, 4) is 0 Å². The maximum absolute atomic E-state index is 6.03. The van der Waals surface area contributed by atoms with E-state index in [0.717, 1.165) is 37.0 Å². The molecule has 0 saturated carbocycles. The Morgan fingerprint density at radius 2 is 2.15 bits per heavy atom. The number of rotatable bonds is 4. The lowest BCUT2D eigenvalue weighted by molar-refractivity contribution is 0.354. The number of nitrogens with one attached hydrogen (secondary N) is 1. The normalized spacial score (nSPS) is 14.8. The van der Waals surface area contributed by atoms with Crippen LogP contribution in [0.1, 0.15) is 19.4 Å². The zero-order valence-corrected chi connectivity index (χ0v) is 15.4. The topological polar surface area (TPSA) is 27.6 Å². The minimum Gasteiger partial charge on any atom is -0.356 e. The molecule has 0 unspecified atom stereocenters. The summed E-state index contributed by atoms with van der Waals surface area (Å²) in [6.45, 7) is 7.33. The maximum atomic E-state index is 6.03. The minimum atomic E-state index is 0.